The highest BCUT2D eigenvalue weighted by atomic mass is 16.5. The van der Waals surface area contributed by atoms with E-state index in [1.165, 1.54) is 6.08 Å². The molecule has 1 aromatic heterocycles. The minimum Gasteiger partial charge on any atom is -0.478 e. The Morgan fingerprint density at radius 2 is 2.11 bits per heavy atom. The largest absolute Gasteiger partial charge is 0.478 e. The molecule has 1 aliphatic rings. The highest BCUT2D eigenvalue weighted by molar-refractivity contribution is 5.85. The van der Waals surface area contributed by atoms with Crippen LogP contribution in [0, 0.1) is 0 Å². The second kappa shape index (κ2) is 6.11. The molecule has 2 heterocycles. The van der Waals surface area contributed by atoms with E-state index in [0.717, 1.165) is 32.2 Å². The van der Waals surface area contributed by atoms with Crippen LogP contribution in [0.15, 0.2) is 18.5 Å². The summed E-state index contributed by atoms with van der Waals surface area (Å²) in [6.07, 6.45) is 6.74. The quantitative estimate of drug-likeness (QED) is 0.799. The molecule has 2 rings (SSSR count). The fraction of sp³-hybridized carbons (Fsp3) is 0.417. The van der Waals surface area contributed by atoms with Crippen LogP contribution in [0.2, 0.25) is 0 Å². The summed E-state index contributed by atoms with van der Waals surface area (Å²) in [5.74, 6) is -0.322. The number of aromatic nitrogens is 2. The molecule has 0 unspecified atom stereocenters. The molecule has 1 fully saturated rings. The third-order valence-corrected chi connectivity index (χ3v) is 2.58. The van der Waals surface area contributed by atoms with Gasteiger partial charge in [0.25, 0.3) is 0 Å². The number of hydrogen-bond acceptors (Lipinski definition) is 5. The summed E-state index contributed by atoms with van der Waals surface area (Å²) in [6, 6.07) is 0. The van der Waals surface area contributed by atoms with Crippen molar-refractivity contribution in [3.8, 4) is 0 Å². The number of nitrogens with zero attached hydrogens (tertiary/aromatic N) is 3. The number of anilines is 1. The Hall–Kier alpha value is -1.95. The third kappa shape index (κ3) is 3.53. The van der Waals surface area contributed by atoms with Crippen molar-refractivity contribution in [3.05, 3.63) is 24.0 Å². The van der Waals surface area contributed by atoms with Gasteiger partial charge >= 0.3 is 5.97 Å². The molecule has 6 nitrogen and oxygen atoms in total. The number of hydrogen-bond donors (Lipinski definition) is 1. The van der Waals surface area contributed by atoms with Gasteiger partial charge in [-0.25, -0.2) is 14.8 Å². The molecule has 0 spiro atoms. The van der Waals surface area contributed by atoms with Gasteiger partial charge in [0.15, 0.2) is 0 Å². The van der Waals surface area contributed by atoms with E-state index in [1.54, 1.807) is 12.4 Å². The van der Waals surface area contributed by atoms with Gasteiger partial charge < -0.3 is 14.7 Å². The van der Waals surface area contributed by atoms with Gasteiger partial charge in [-0.1, -0.05) is 0 Å². The molecule has 1 saturated heterocycles. The van der Waals surface area contributed by atoms with E-state index in [0.29, 0.717) is 18.1 Å². The maximum atomic E-state index is 10.4. The van der Waals surface area contributed by atoms with Crippen molar-refractivity contribution in [1.29, 1.82) is 0 Å². The average molecular weight is 249 g/mol. The second-order valence-electron chi connectivity index (χ2n) is 3.94. The summed E-state index contributed by atoms with van der Waals surface area (Å²) in [6.45, 7) is 3.12. The number of carboxylic acids is 1. The van der Waals surface area contributed by atoms with E-state index < -0.39 is 5.97 Å². The highest BCUT2D eigenvalue weighted by Crippen LogP contribution is 2.10. The highest BCUT2D eigenvalue weighted by Gasteiger charge is 2.11. The lowest BCUT2D eigenvalue weighted by Crippen LogP contribution is -2.27. The Kier molecular flexibility index (Phi) is 4.25. The fourth-order valence-corrected chi connectivity index (χ4v) is 1.69. The molecular formula is C12H15N3O3. The molecule has 1 aromatic rings. The molecule has 0 aromatic carbocycles. The third-order valence-electron chi connectivity index (χ3n) is 2.58. The summed E-state index contributed by atoms with van der Waals surface area (Å²) < 4.78 is 5.36. The van der Waals surface area contributed by atoms with Crippen LogP contribution >= 0.6 is 0 Å². The van der Waals surface area contributed by atoms with Gasteiger partial charge in [-0.05, 0) is 12.5 Å². The van der Waals surface area contributed by atoms with Crippen LogP contribution in [-0.4, -0.2) is 47.3 Å². The van der Waals surface area contributed by atoms with Crippen molar-refractivity contribution in [1.82, 2.24) is 9.97 Å². The molecule has 96 valence electrons. The molecule has 0 saturated carbocycles. The van der Waals surface area contributed by atoms with Crippen LogP contribution in [-0.2, 0) is 9.53 Å². The monoisotopic (exact) mass is 249 g/mol. The van der Waals surface area contributed by atoms with Crippen LogP contribution in [0.4, 0.5) is 5.95 Å². The van der Waals surface area contributed by atoms with Crippen LogP contribution in [0.5, 0.6) is 0 Å². The van der Waals surface area contributed by atoms with Crippen LogP contribution in [0.1, 0.15) is 12.0 Å². The smallest absolute Gasteiger partial charge is 0.328 e. The lowest BCUT2D eigenvalue weighted by Gasteiger charge is -2.18. The van der Waals surface area contributed by atoms with Gasteiger partial charge in [0.1, 0.15) is 0 Å². The van der Waals surface area contributed by atoms with E-state index in [4.69, 9.17) is 9.84 Å². The van der Waals surface area contributed by atoms with Crippen LogP contribution < -0.4 is 4.90 Å². The van der Waals surface area contributed by atoms with Crippen LogP contribution in [0.3, 0.4) is 0 Å². The summed E-state index contributed by atoms with van der Waals surface area (Å²) in [7, 11) is 0. The summed E-state index contributed by atoms with van der Waals surface area (Å²) in [4.78, 5) is 20.9. The Morgan fingerprint density at radius 1 is 1.33 bits per heavy atom. The first kappa shape index (κ1) is 12.5. The van der Waals surface area contributed by atoms with Crippen molar-refractivity contribution in [2.75, 3.05) is 31.2 Å². The molecule has 0 atom stereocenters. The molecular weight excluding hydrogens is 234 g/mol. The predicted molar refractivity (Wildman–Crippen MR) is 66.4 cm³/mol. The summed E-state index contributed by atoms with van der Waals surface area (Å²) in [5, 5.41) is 8.51. The zero-order valence-corrected chi connectivity index (χ0v) is 9.95. The minimum atomic E-state index is -0.983. The molecule has 0 amide bonds. The first-order valence-corrected chi connectivity index (χ1v) is 5.81. The molecule has 0 bridgehead atoms. The minimum absolute atomic E-state index is 0.660. The molecule has 1 aliphatic heterocycles. The van der Waals surface area contributed by atoms with Crippen LogP contribution in [0.25, 0.3) is 6.08 Å². The Bertz CT molecular complexity index is 423. The number of ether oxygens (including phenoxy) is 1. The molecule has 1 N–H and O–H groups in total. The Balaban J connectivity index is 2.04. The Labute approximate surface area is 105 Å². The molecule has 0 radical (unpaired) electrons. The number of aliphatic carboxylic acids is 1. The van der Waals surface area contributed by atoms with Gasteiger partial charge in [0, 0.05) is 43.7 Å². The Morgan fingerprint density at radius 3 is 2.83 bits per heavy atom. The summed E-state index contributed by atoms with van der Waals surface area (Å²) >= 11 is 0. The van der Waals surface area contributed by atoms with Crippen molar-refractivity contribution in [3.63, 3.8) is 0 Å². The lowest BCUT2D eigenvalue weighted by atomic mass is 10.3. The predicted octanol–water partition coefficient (Wildman–Crippen LogP) is 0.801. The maximum absolute atomic E-state index is 10.4. The first-order chi connectivity index (χ1) is 8.75. The number of carbonyl (C=O) groups is 1. The van der Waals surface area contributed by atoms with E-state index >= 15 is 0 Å². The van der Waals surface area contributed by atoms with Gasteiger partial charge in [0.05, 0.1) is 6.61 Å². The van der Waals surface area contributed by atoms with Gasteiger partial charge in [-0.2, -0.15) is 0 Å². The maximum Gasteiger partial charge on any atom is 0.328 e. The van der Waals surface area contributed by atoms with E-state index in [2.05, 4.69) is 14.9 Å². The number of carboxylic acid groups (broad SMARTS) is 1. The van der Waals surface area contributed by atoms with Crippen molar-refractivity contribution >= 4 is 18.0 Å². The zero-order valence-electron chi connectivity index (χ0n) is 9.95. The van der Waals surface area contributed by atoms with Crippen molar-refractivity contribution < 1.29 is 14.6 Å². The fourth-order valence-electron chi connectivity index (χ4n) is 1.69. The summed E-state index contributed by atoms with van der Waals surface area (Å²) in [5.41, 5.74) is 0.673. The molecule has 18 heavy (non-hydrogen) atoms. The normalized spacial score (nSPS) is 16.8. The number of rotatable bonds is 3. The second-order valence-corrected chi connectivity index (χ2v) is 3.94. The molecule has 0 aliphatic carbocycles. The average Bonchev–Trinajstić information content (AvgIpc) is 2.66. The first-order valence-electron chi connectivity index (χ1n) is 5.81. The standard InChI is InChI=1S/C12H15N3O3/c16-11(17)3-2-10-8-13-12(14-9-10)15-4-1-6-18-7-5-15/h2-3,8-9H,1,4-7H2,(H,16,17)/b3-2+. The van der Waals surface area contributed by atoms with Gasteiger partial charge in [-0.15, -0.1) is 0 Å². The van der Waals surface area contributed by atoms with Crippen molar-refractivity contribution in [2.24, 2.45) is 0 Å². The van der Waals surface area contributed by atoms with Gasteiger partial charge in [-0.3, -0.25) is 0 Å². The SMILES string of the molecule is O=C(O)/C=C/c1cnc(N2CCCOCC2)nc1. The van der Waals surface area contributed by atoms with E-state index in [9.17, 15) is 4.79 Å². The van der Waals surface area contributed by atoms with E-state index in [-0.39, 0.29) is 0 Å². The van der Waals surface area contributed by atoms with E-state index in [1.807, 2.05) is 0 Å². The van der Waals surface area contributed by atoms with Gasteiger partial charge in [0.2, 0.25) is 5.95 Å². The van der Waals surface area contributed by atoms with Crippen molar-refractivity contribution in [2.45, 2.75) is 6.42 Å². The lowest BCUT2D eigenvalue weighted by molar-refractivity contribution is -0.131. The topological polar surface area (TPSA) is 75.5 Å². The molecule has 6 heteroatoms. The zero-order chi connectivity index (χ0) is 12.8.